The lowest BCUT2D eigenvalue weighted by Gasteiger charge is -2.25. The van der Waals surface area contributed by atoms with E-state index in [1.165, 1.54) is 11.7 Å². The average molecular weight is 394 g/mol. The van der Waals surface area contributed by atoms with Crippen molar-refractivity contribution >= 4 is 16.6 Å². The Morgan fingerprint density at radius 1 is 1.25 bits per heavy atom. The van der Waals surface area contributed by atoms with Crippen LogP contribution < -0.4 is 26.6 Å². The number of aromatic nitrogens is 2. The number of benzene rings is 1. The molecule has 2 atom stereocenters. The van der Waals surface area contributed by atoms with E-state index in [1.807, 2.05) is 0 Å². The Morgan fingerprint density at radius 2 is 1.93 bits per heavy atom. The first-order valence-corrected chi connectivity index (χ1v) is 9.48. The van der Waals surface area contributed by atoms with E-state index < -0.39 is 23.7 Å². The smallest absolute Gasteiger partial charge is 0.329 e. The molecule has 0 amide bonds. The number of nitrogens with one attached hydrogen (secondary N) is 1. The second-order valence-corrected chi connectivity index (χ2v) is 7.72. The van der Waals surface area contributed by atoms with Crippen molar-refractivity contribution in [1.82, 2.24) is 9.55 Å². The van der Waals surface area contributed by atoms with Gasteiger partial charge in [-0.1, -0.05) is 0 Å². The fourth-order valence-electron chi connectivity index (χ4n) is 4.43. The maximum atomic E-state index is 15.5. The van der Waals surface area contributed by atoms with Gasteiger partial charge in [0.15, 0.2) is 11.6 Å². The zero-order chi connectivity index (χ0) is 20.2. The van der Waals surface area contributed by atoms with Crippen molar-refractivity contribution in [2.75, 3.05) is 38.3 Å². The van der Waals surface area contributed by atoms with Crippen LogP contribution in [0.3, 0.4) is 0 Å². The van der Waals surface area contributed by atoms with Crippen molar-refractivity contribution in [1.29, 1.82) is 0 Å². The van der Waals surface area contributed by atoms with E-state index in [4.69, 9.17) is 10.5 Å². The number of anilines is 1. The molecule has 1 aromatic heterocycles. The van der Waals surface area contributed by atoms with Crippen molar-refractivity contribution < 1.29 is 13.5 Å². The maximum absolute atomic E-state index is 15.5. The molecule has 2 unspecified atom stereocenters. The summed E-state index contributed by atoms with van der Waals surface area (Å²) in [5.74, 6) is -1.24. The number of aryl methyl sites for hydroxylation is 1. The minimum absolute atomic E-state index is 0.0254. The van der Waals surface area contributed by atoms with Crippen LogP contribution in [0, 0.1) is 24.6 Å². The number of fused-ring (bicyclic) bond motifs is 1. The Bertz CT molecular complexity index is 1030. The summed E-state index contributed by atoms with van der Waals surface area (Å²) in [5.41, 5.74) is 5.71. The van der Waals surface area contributed by atoms with Crippen molar-refractivity contribution in [3.63, 3.8) is 0 Å². The van der Waals surface area contributed by atoms with Crippen molar-refractivity contribution in [2.24, 2.45) is 17.6 Å². The fraction of sp³-hybridized carbons (Fsp3) is 0.579. The normalized spacial score (nSPS) is 22.2. The monoisotopic (exact) mass is 394 g/mol. The number of hydrogen-bond donors (Lipinski definition) is 2. The van der Waals surface area contributed by atoms with Crippen molar-refractivity contribution in [3.8, 4) is 5.75 Å². The van der Waals surface area contributed by atoms with E-state index >= 15 is 4.39 Å². The Hall–Kier alpha value is -2.42. The highest BCUT2D eigenvalue weighted by Crippen LogP contribution is 2.43. The quantitative estimate of drug-likeness (QED) is 0.801. The van der Waals surface area contributed by atoms with Crippen LogP contribution in [0.5, 0.6) is 5.75 Å². The van der Waals surface area contributed by atoms with Gasteiger partial charge in [0, 0.05) is 30.6 Å². The summed E-state index contributed by atoms with van der Waals surface area (Å²) in [7, 11) is 1.29. The fourth-order valence-corrected chi connectivity index (χ4v) is 4.43. The lowest BCUT2D eigenvalue weighted by molar-refractivity contribution is 0.319. The van der Waals surface area contributed by atoms with Gasteiger partial charge in [-0.3, -0.25) is 18.7 Å². The van der Waals surface area contributed by atoms with Gasteiger partial charge in [0.05, 0.1) is 25.0 Å². The van der Waals surface area contributed by atoms with Gasteiger partial charge < -0.3 is 15.4 Å². The van der Waals surface area contributed by atoms with Gasteiger partial charge in [-0.25, -0.2) is 9.18 Å². The molecule has 1 saturated carbocycles. The van der Waals surface area contributed by atoms with E-state index in [2.05, 4.69) is 4.98 Å². The second kappa shape index (κ2) is 6.88. The molecule has 2 aliphatic rings. The molecule has 28 heavy (non-hydrogen) atoms. The summed E-state index contributed by atoms with van der Waals surface area (Å²) in [5, 5.41) is 0.0318. The first-order valence-electron chi connectivity index (χ1n) is 9.48. The molecule has 4 rings (SSSR count). The van der Waals surface area contributed by atoms with E-state index in [0.29, 0.717) is 30.7 Å². The minimum atomic E-state index is -0.676. The molecule has 1 saturated heterocycles. The molecule has 1 aliphatic heterocycles. The van der Waals surface area contributed by atoms with Gasteiger partial charge in [-0.05, 0) is 32.2 Å². The molecule has 1 aromatic carbocycles. The number of methoxy groups -OCH3 is 1. The minimum Gasteiger partial charge on any atom is -0.493 e. The molecular formula is C19H24F2N4O3. The van der Waals surface area contributed by atoms with Crippen LogP contribution in [0.25, 0.3) is 10.9 Å². The molecule has 1 aliphatic carbocycles. The predicted molar refractivity (Wildman–Crippen MR) is 103 cm³/mol. The standard InChI is InChI=1S/C19H24F2N4O3/c1-9-15-13(18(26)23-19(27)25(15)12-3-4-12)17(28-2)14(21)16(9)24-7-10(5-20)11(6-22)8-24/h10-12H,3-8,22H2,1-2H3,(H,23,26,27). The third kappa shape index (κ3) is 2.71. The van der Waals surface area contributed by atoms with Crippen LogP contribution in [-0.4, -0.2) is 43.0 Å². The average Bonchev–Trinajstić information content (AvgIpc) is 3.41. The van der Waals surface area contributed by atoms with Gasteiger partial charge in [-0.15, -0.1) is 0 Å². The Morgan fingerprint density at radius 3 is 2.46 bits per heavy atom. The highest BCUT2D eigenvalue weighted by molar-refractivity contribution is 5.93. The number of rotatable bonds is 5. The number of ether oxygens (including phenoxy) is 1. The number of nitrogens with zero attached hydrogens (tertiary/aromatic N) is 2. The summed E-state index contributed by atoms with van der Waals surface area (Å²) in [6.07, 6.45) is 1.64. The molecule has 152 valence electrons. The van der Waals surface area contributed by atoms with Gasteiger partial charge in [0.25, 0.3) is 5.56 Å². The highest BCUT2D eigenvalue weighted by atomic mass is 19.1. The van der Waals surface area contributed by atoms with Crippen LogP contribution in [0.2, 0.25) is 0 Å². The summed E-state index contributed by atoms with van der Waals surface area (Å²) in [6.45, 7) is 2.20. The van der Waals surface area contributed by atoms with Crippen LogP contribution in [0.1, 0.15) is 24.4 Å². The highest BCUT2D eigenvalue weighted by Gasteiger charge is 2.37. The molecule has 0 radical (unpaired) electrons. The van der Waals surface area contributed by atoms with Crippen LogP contribution in [0.4, 0.5) is 14.5 Å². The Kier molecular flexibility index (Phi) is 4.65. The lowest BCUT2D eigenvalue weighted by atomic mass is 9.98. The third-order valence-electron chi connectivity index (χ3n) is 6.00. The Balaban J connectivity index is 2.02. The number of alkyl halides is 1. The molecular weight excluding hydrogens is 370 g/mol. The van der Waals surface area contributed by atoms with Crippen LogP contribution in [-0.2, 0) is 0 Å². The van der Waals surface area contributed by atoms with Crippen LogP contribution >= 0.6 is 0 Å². The predicted octanol–water partition coefficient (Wildman–Crippen LogP) is 1.46. The lowest BCUT2D eigenvalue weighted by Crippen LogP contribution is -2.32. The summed E-state index contributed by atoms with van der Waals surface area (Å²) in [4.78, 5) is 29.0. The largest absolute Gasteiger partial charge is 0.493 e. The van der Waals surface area contributed by atoms with Crippen LogP contribution in [0.15, 0.2) is 9.59 Å². The number of halogens is 2. The molecule has 2 fully saturated rings. The Labute approximate surface area is 160 Å². The zero-order valence-corrected chi connectivity index (χ0v) is 15.9. The first-order chi connectivity index (χ1) is 13.4. The molecule has 2 aromatic rings. The second-order valence-electron chi connectivity index (χ2n) is 7.72. The van der Waals surface area contributed by atoms with Gasteiger partial charge in [0.2, 0.25) is 0 Å². The third-order valence-corrected chi connectivity index (χ3v) is 6.00. The number of hydrogen-bond acceptors (Lipinski definition) is 5. The maximum Gasteiger partial charge on any atom is 0.329 e. The topological polar surface area (TPSA) is 93.3 Å². The first kappa shape index (κ1) is 18.9. The molecule has 2 heterocycles. The van der Waals surface area contributed by atoms with Crippen molar-refractivity contribution in [2.45, 2.75) is 25.8 Å². The molecule has 9 heteroatoms. The summed E-state index contributed by atoms with van der Waals surface area (Å²) < 4.78 is 35.7. The summed E-state index contributed by atoms with van der Waals surface area (Å²) in [6, 6.07) is -0.0254. The number of H-pyrrole nitrogens is 1. The molecule has 0 bridgehead atoms. The SMILES string of the molecule is COc1c(F)c(N2CC(CN)C(CF)C2)c(C)c2c1c(=O)[nH]c(=O)n2C1CC1. The van der Waals surface area contributed by atoms with Gasteiger partial charge in [-0.2, -0.15) is 0 Å². The van der Waals surface area contributed by atoms with Gasteiger partial charge >= 0.3 is 5.69 Å². The molecule has 3 N–H and O–H groups in total. The van der Waals surface area contributed by atoms with Crippen molar-refractivity contribution in [3.05, 3.63) is 32.2 Å². The number of aromatic amines is 1. The summed E-state index contributed by atoms with van der Waals surface area (Å²) >= 11 is 0. The number of nitrogens with two attached hydrogens (primary N) is 1. The molecule has 0 spiro atoms. The van der Waals surface area contributed by atoms with E-state index in [1.54, 1.807) is 11.8 Å². The van der Waals surface area contributed by atoms with Gasteiger partial charge in [0.1, 0.15) is 5.39 Å². The van der Waals surface area contributed by atoms with E-state index in [-0.39, 0.29) is 34.7 Å². The zero-order valence-electron chi connectivity index (χ0n) is 15.9. The van der Waals surface area contributed by atoms with E-state index in [0.717, 1.165) is 12.8 Å². The van der Waals surface area contributed by atoms with E-state index in [9.17, 15) is 14.0 Å². The molecule has 7 nitrogen and oxygen atoms in total.